The first-order valence-electron chi connectivity index (χ1n) is 6.55. The van der Waals surface area contributed by atoms with Crippen LogP contribution >= 0.6 is 0 Å². The number of hydrogen-bond acceptors (Lipinski definition) is 4. The molecular formula is C12H21N3O3. The van der Waals surface area contributed by atoms with Crippen LogP contribution in [0.15, 0.2) is 0 Å². The molecule has 2 aliphatic rings. The first kappa shape index (κ1) is 13.3. The van der Waals surface area contributed by atoms with E-state index in [9.17, 15) is 9.59 Å². The monoisotopic (exact) mass is 255 g/mol. The maximum absolute atomic E-state index is 11.9. The summed E-state index contributed by atoms with van der Waals surface area (Å²) in [6, 6.07) is -0.905. The van der Waals surface area contributed by atoms with Crippen molar-refractivity contribution in [2.75, 3.05) is 32.7 Å². The van der Waals surface area contributed by atoms with Gasteiger partial charge in [-0.2, -0.15) is 0 Å². The average molecular weight is 255 g/mol. The maximum atomic E-state index is 11.9. The van der Waals surface area contributed by atoms with E-state index < -0.39 is 12.0 Å². The summed E-state index contributed by atoms with van der Waals surface area (Å²) in [6.07, 6.45) is 2.38. The fourth-order valence-corrected chi connectivity index (χ4v) is 2.33. The molecule has 18 heavy (non-hydrogen) atoms. The average Bonchev–Trinajstić information content (AvgIpc) is 3.12. The summed E-state index contributed by atoms with van der Waals surface area (Å²) in [7, 11) is 0. The number of carbonyl (C=O) groups excluding carboxylic acids is 1. The van der Waals surface area contributed by atoms with Crippen LogP contribution in [-0.2, 0) is 9.59 Å². The quantitative estimate of drug-likeness (QED) is 0.681. The predicted molar refractivity (Wildman–Crippen MR) is 66.0 cm³/mol. The van der Waals surface area contributed by atoms with Crippen LogP contribution in [0.2, 0.25) is 0 Å². The van der Waals surface area contributed by atoms with Gasteiger partial charge in [0.15, 0.2) is 0 Å². The standard InChI is InChI=1S/C12H21N3O3/c13-10(7-11(16)17)12(18)15-5-3-14(4-6-15)8-9-1-2-9/h9-10H,1-8,13H2,(H,16,17). The first-order valence-corrected chi connectivity index (χ1v) is 6.55. The zero-order valence-corrected chi connectivity index (χ0v) is 10.5. The summed E-state index contributed by atoms with van der Waals surface area (Å²) >= 11 is 0. The van der Waals surface area contributed by atoms with E-state index in [4.69, 9.17) is 10.8 Å². The molecule has 3 N–H and O–H groups in total. The van der Waals surface area contributed by atoms with Crippen molar-refractivity contribution >= 4 is 11.9 Å². The lowest BCUT2D eigenvalue weighted by atomic mass is 10.1. The van der Waals surface area contributed by atoms with Crippen molar-refractivity contribution in [1.29, 1.82) is 0 Å². The first-order chi connectivity index (χ1) is 8.56. The van der Waals surface area contributed by atoms with Gasteiger partial charge in [0.05, 0.1) is 12.5 Å². The number of carboxylic acid groups (broad SMARTS) is 1. The molecule has 0 spiro atoms. The Morgan fingerprint density at radius 3 is 2.33 bits per heavy atom. The van der Waals surface area contributed by atoms with Gasteiger partial charge in [0, 0.05) is 32.7 Å². The van der Waals surface area contributed by atoms with E-state index in [0.29, 0.717) is 13.1 Å². The second kappa shape index (κ2) is 5.67. The molecule has 1 saturated heterocycles. The van der Waals surface area contributed by atoms with Crippen LogP contribution < -0.4 is 5.73 Å². The van der Waals surface area contributed by atoms with Gasteiger partial charge in [-0.05, 0) is 18.8 Å². The zero-order valence-electron chi connectivity index (χ0n) is 10.5. The van der Waals surface area contributed by atoms with Crippen molar-refractivity contribution in [2.45, 2.75) is 25.3 Å². The minimum atomic E-state index is -1.02. The molecule has 1 amide bonds. The van der Waals surface area contributed by atoms with Gasteiger partial charge in [0.2, 0.25) is 5.91 Å². The van der Waals surface area contributed by atoms with Crippen molar-refractivity contribution in [2.24, 2.45) is 11.7 Å². The van der Waals surface area contributed by atoms with E-state index in [0.717, 1.165) is 25.6 Å². The molecule has 0 bridgehead atoms. The van der Waals surface area contributed by atoms with Crippen LogP contribution in [0, 0.1) is 5.92 Å². The van der Waals surface area contributed by atoms with Crippen molar-refractivity contribution in [3.05, 3.63) is 0 Å². The Balaban J connectivity index is 1.73. The molecule has 0 aromatic heterocycles. The number of nitrogens with zero attached hydrogens (tertiary/aromatic N) is 2. The number of hydrogen-bond donors (Lipinski definition) is 2. The molecule has 1 saturated carbocycles. The molecular weight excluding hydrogens is 234 g/mol. The van der Waals surface area contributed by atoms with Crippen molar-refractivity contribution < 1.29 is 14.7 Å². The number of aliphatic carboxylic acids is 1. The van der Waals surface area contributed by atoms with Crippen LogP contribution in [-0.4, -0.2) is 65.5 Å². The molecule has 0 aromatic rings. The van der Waals surface area contributed by atoms with Crippen LogP contribution in [0.5, 0.6) is 0 Å². The third-order valence-corrected chi connectivity index (χ3v) is 3.61. The molecule has 1 heterocycles. The highest BCUT2D eigenvalue weighted by Crippen LogP contribution is 2.29. The van der Waals surface area contributed by atoms with Crippen LogP contribution in [0.1, 0.15) is 19.3 Å². The highest BCUT2D eigenvalue weighted by molar-refractivity contribution is 5.86. The topological polar surface area (TPSA) is 86.9 Å². The molecule has 1 unspecified atom stereocenters. The lowest BCUT2D eigenvalue weighted by molar-refractivity contribution is -0.142. The van der Waals surface area contributed by atoms with Gasteiger partial charge in [-0.3, -0.25) is 14.5 Å². The number of piperazine rings is 1. The molecule has 6 heteroatoms. The van der Waals surface area contributed by atoms with Gasteiger partial charge in [0.1, 0.15) is 0 Å². The molecule has 0 radical (unpaired) electrons. The van der Waals surface area contributed by atoms with Gasteiger partial charge < -0.3 is 15.7 Å². The highest BCUT2D eigenvalue weighted by Gasteiger charge is 2.29. The van der Waals surface area contributed by atoms with Gasteiger partial charge >= 0.3 is 5.97 Å². The zero-order chi connectivity index (χ0) is 13.1. The normalized spacial score (nSPS) is 22.8. The van der Waals surface area contributed by atoms with Crippen LogP contribution in [0.4, 0.5) is 0 Å². The Hall–Kier alpha value is -1.14. The fourth-order valence-electron chi connectivity index (χ4n) is 2.33. The lowest BCUT2D eigenvalue weighted by Gasteiger charge is -2.35. The Labute approximate surface area is 107 Å². The molecule has 6 nitrogen and oxygen atoms in total. The van der Waals surface area contributed by atoms with E-state index in [1.165, 1.54) is 12.8 Å². The van der Waals surface area contributed by atoms with Crippen LogP contribution in [0.3, 0.4) is 0 Å². The summed E-state index contributed by atoms with van der Waals surface area (Å²) in [6.45, 7) is 4.23. The Morgan fingerprint density at radius 2 is 1.83 bits per heavy atom. The van der Waals surface area contributed by atoms with Gasteiger partial charge in [-0.1, -0.05) is 0 Å². The predicted octanol–water partition coefficient (Wildman–Crippen LogP) is -0.657. The maximum Gasteiger partial charge on any atom is 0.305 e. The Kier molecular flexibility index (Phi) is 4.19. The molecule has 1 atom stereocenters. The van der Waals surface area contributed by atoms with E-state index in [1.807, 2.05) is 0 Å². The Morgan fingerprint density at radius 1 is 1.22 bits per heavy atom. The highest BCUT2D eigenvalue weighted by atomic mass is 16.4. The van der Waals surface area contributed by atoms with Gasteiger partial charge in [-0.25, -0.2) is 0 Å². The summed E-state index contributed by atoms with van der Waals surface area (Å²) in [5.41, 5.74) is 5.59. The van der Waals surface area contributed by atoms with Gasteiger partial charge in [-0.15, -0.1) is 0 Å². The summed E-state index contributed by atoms with van der Waals surface area (Å²) in [5, 5.41) is 8.62. The lowest BCUT2D eigenvalue weighted by Crippen LogP contribution is -2.53. The van der Waals surface area contributed by atoms with E-state index in [1.54, 1.807) is 4.90 Å². The van der Waals surface area contributed by atoms with E-state index in [-0.39, 0.29) is 12.3 Å². The molecule has 2 rings (SSSR count). The summed E-state index contributed by atoms with van der Waals surface area (Å²) in [4.78, 5) is 26.5. The molecule has 1 aliphatic heterocycles. The minimum Gasteiger partial charge on any atom is -0.481 e. The van der Waals surface area contributed by atoms with Crippen molar-refractivity contribution in [3.63, 3.8) is 0 Å². The minimum absolute atomic E-state index is 0.233. The molecule has 0 aromatic carbocycles. The Bertz CT molecular complexity index is 323. The molecule has 102 valence electrons. The second-order valence-corrected chi connectivity index (χ2v) is 5.27. The van der Waals surface area contributed by atoms with Gasteiger partial charge in [0.25, 0.3) is 0 Å². The third kappa shape index (κ3) is 3.68. The summed E-state index contributed by atoms with van der Waals surface area (Å²) < 4.78 is 0. The molecule has 2 fully saturated rings. The number of amides is 1. The fraction of sp³-hybridized carbons (Fsp3) is 0.833. The van der Waals surface area contributed by atoms with E-state index >= 15 is 0 Å². The largest absolute Gasteiger partial charge is 0.481 e. The SMILES string of the molecule is NC(CC(=O)O)C(=O)N1CCN(CC2CC2)CC1. The molecule has 1 aliphatic carbocycles. The smallest absolute Gasteiger partial charge is 0.305 e. The second-order valence-electron chi connectivity index (χ2n) is 5.27. The van der Waals surface area contributed by atoms with Crippen molar-refractivity contribution in [1.82, 2.24) is 9.80 Å². The number of carboxylic acids is 1. The van der Waals surface area contributed by atoms with Crippen LogP contribution in [0.25, 0.3) is 0 Å². The number of nitrogens with two attached hydrogens (primary N) is 1. The van der Waals surface area contributed by atoms with Crippen molar-refractivity contribution in [3.8, 4) is 0 Å². The number of carbonyl (C=O) groups is 2. The van der Waals surface area contributed by atoms with E-state index in [2.05, 4.69) is 4.90 Å². The third-order valence-electron chi connectivity index (χ3n) is 3.61. The number of rotatable bonds is 5. The summed E-state index contributed by atoms with van der Waals surface area (Å²) in [5.74, 6) is -0.395.